The van der Waals surface area contributed by atoms with Crippen LogP contribution in [0.25, 0.3) is 0 Å². The zero-order valence-electron chi connectivity index (χ0n) is 13.0. The topological polar surface area (TPSA) is 78.5 Å². The average Bonchev–Trinajstić information content (AvgIpc) is 2.72. The van der Waals surface area contributed by atoms with Gasteiger partial charge in [0.15, 0.2) is 0 Å². The maximum Gasteiger partial charge on any atom is 0.243 e. The zero-order chi connectivity index (χ0) is 15.7. The van der Waals surface area contributed by atoms with E-state index >= 15 is 0 Å². The standard InChI is InChI=1S/C15H21N3O3S.ClH/c1-11(19)17-12-2-6-15(7-3-12)22(20,21)18-13-4-5-14(18)10-16-9-8-13;/h2-3,6-7,13-14,16H,4-5,8-10H2,1H3,(H,17,19);1H. The number of sulfonamides is 1. The summed E-state index contributed by atoms with van der Waals surface area (Å²) in [5.41, 5.74) is 0.604. The molecule has 1 amide bonds. The number of hydrogen-bond donors (Lipinski definition) is 2. The van der Waals surface area contributed by atoms with Crippen molar-refractivity contribution in [3.63, 3.8) is 0 Å². The number of nitrogens with zero attached hydrogens (tertiary/aromatic N) is 1. The maximum absolute atomic E-state index is 12.9. The Morgan fingerprint density at radius 2 is 1.83 bits per heavy atom. The number of carbonyl (C=O) groups excluding carboxylic acids is 1. The van der Waals surface area contributed by atoms with E-state index in [2.05, 4.69) is 10.6 Å². The van der Waals surface area contributed by atoms with Crippen molar-refractivity contribution in [3.8, 4) is 0 Å². The lowest BCUT2D eigenvalue weighted by Crippen LogP contribution is -2.42. The van der Waals surface area contributed by atoms with E-state index in [-0.39, 0.29) is 30.4 Å². The molecule has 2 saturated heterocycles. The molecule has 2 bridgehead atoms. The molecule has 2 atom stereocenters. The molecule has 2 aliphatic rings. The third-order valence-electron chi connectivity index (χ3n) is 4.34. The summed E-state index contributed by atoms with van der Waals surface area (Å²) in [7, 11) is -3.49. The van der Waals surface area contributed by atoms with Gasteiger partial charge < -0.3 is 10.6 Å². The Morgan fingerprint density at radius 1 is 1.17 bits per heavy atom. The molecule has 2 N–H and O–H groups in total. The highest BCUT2D eigenvalue weighted by atomic mass is 35.5. The second-order valence-electron chi connectivity index (χ2n) is 5.92. The fourth-order valence-corrected chi connectivity index (χ4v) is 5.27. The van der Waals surface area contributed by atoms with Crippen molar-refractivity contribution in [3.05, 3.63) is 24.3 Å². The highest BCUT2D eigenvalue weighted by Gasteiger charge is 2.42. The van der Waals surface area contributed by atoms with Crippen molar-refractivity contribution in [1.82, 2.24) is 9.62 Å². The van der Waals surface area contributed by atoms with Gasteiger partial charge in [0.05, 0.1) is 4.90 Å². The first kappa shape index (κ1) is 18.2. The molecule has 1 aromatic rings. The number of amides is 1. The molecule has 2 unspecified atom stereocenters. The van der Waals surface area contributed by atoms with Gasteiger partial charge in [-0.05, 0) is 50.1 Å². The van der Waals surface area contributed by atoms with Crippen LogP contribution in [0.2, 0.25) is 0 Å². The minimum absolute atomic E-state index is 0. The van der Waals surface area contributed by atoms with Crippen LogP contribution in [0.3, 0.4) is 0 Å². The van der Waals surface area contributed by atoms with Crippen LogP contribution in [0, 0.1) is 0 Å². The van der Waals surface area contributed by atoms with Gasteiger partial charge in [0, 0.05) is 31.2 Å². The third kappa shape index (κ3) is 3.68. The Hall–Kier alpha value is -1.15. The van der Waals surface area contributed by atoms with E-state index in [1.807, 2.05) is 0 Å². The molecule has 128 valence electrons. The Balaban J connectivity index is 0.00000192. The second-order valence-corrected chi connectivity index (χ2v) is 7.76. The fraction of sp³-hybridized carbons (Fsp3) is 0.533. The van der Waals surface area contributed by atoms with Gasteiger partial charge in [0.2, 0.25) is 15.9 Å². The van der Waals surface area contributed by atoms with Crippen LogP contribution in [0.1, 0.15) is 26.2 Å². The molecule has 3 rings (SSSR count). The zero-order valence-corrected chi connectivity index (χ0v) is 14.6. The molecule has 0 aliphatic carbocycles. The van der Waals surface area contributed by atoms with E-state index in [9.17, 15) is 13.2 Å². The van der Waals surface area contributed by atoms with Gasteiger partial charge in [-0.1, -0.05) is 0 Å². The predicted molar refractivity (Wildman–Crippen MR) is 91.3 cm³/mol. The van der Waals surface area contributed by atoms with E-state index in [0.717, 1.165) is 32.4 Å². The van der Waals surface area contributed by atoms with Gasteiger partial charge in [-0.25, -0.2) is 8.42 Å². The number of nitrogens with one attached hydrogen (secondary N) is 2. The van der Waals surface area contributed by atoms with Crippen molar-refractivity contribution in [2.24, 2.45) is 0 Å². The summed E-state index contributed by atoms with van der Waals surface area (Å²) in [6, 6.07) is 6.54. The minimum atomic E-state index is -3.49. The van der Waals surface area contributed by atoms with Crippen molar-refractivity contribution in [1.29, 1.82) is 0 Å². The highest BCUT2D eigenvalue weighted by molar-refractivity contribution is 7.89. The number of hydrogen-bond acceptors (Lipinski definition) is 4. The number of halogens is 1. The lowest BCUT2D eigenvalue weighted by Gasteiger charge is -2.26. The van der Waals surface area contributed by atoms with Crippen LogP contribution >= 0.6 is 12.4 Å². The maximum atomic E-state index is 12.9. The molecule has 0 aromatic heterocycles. The molecule has 2 fully saturated rings. The minimum Gasteiger partial charge on any atom is -0.326 e. The summed E-state index contributed by atoms with van der Waals surface area (Å²) >= 11 is 0. The third-order valence-corrected chi connectivity index (χ3v) is 6.36. The lowest BCUT2D eigenvalue weighted by atomic mass is 10.1. The van der Waals surface area contributed by atoms with Gasteiger partial charge in [0.1, 0.15) is 0 Å². The molecule has 0 spiro atoms. The normalized spacial score (nSPS) is 24.6. The van der Waals surface area contributed by atoms with Crippen molar-refractivity contribution >= 4 is 34.0 Å². The average molecular weight is 360 g/mol. The summed E-state index contributed by atoms with van der Waals surface area (Å²) in [6.45, 7) is 3.01. The quantitative estimate of drug-likeness (QED) is 0.858. The predicted octanol–water partition coefficient (Wildman–Crippen LogP) is 1.58. The van der Waals surface area contributed by atoms with Crippen LogP contribution in [-0.2, 0) is 14.8 Å². The summed E-state index contributed by atoms with van der Waals surface area (Å²) in [6.07, 6.45) is 2.72. The van der Waals surface area contributed by atoms with Gasteiger partial charge in [-0.3, -0.25) is 4.79 Å². The molecule has 1 aromatic carbocycles. The Morgan fingerprint density at radius 3 is 2.48 bits per heavy atom. The Labute approximate surface area is 143 Å². The van der Waals surface area contributed by atoms with E-state index < -0.39 is 10.0 Å². The Kier molecular flexibility index (Phi) is 5.67. The number of carbonyl (C=O) groups is 1. The smallest absolute Gasteiger partial charge is 0.243 e. The van der Waals surface area contributed by atoms with Crippen LogP contribution in [0.5, 0.6) is 0 Å². The molecule has 0 radical (unpaired) electrons. The van der Waals surface area contributed by atoms with Gasteiger partial charge in [0.25, 0.3) is 0 Å². The van der Waals surface area contributed by atoms with Gasteiger partial charge >= 0.3 is 0 Å². The van der Waals surface area contributed by atoms with Crippen molar-refractivity contribution < 1.29 is 13.2 Å². The van der Waals surface area contributed by atoms with Crippen LogP contribution < -0.4 is 10.6 Å². The van der Waals surface area contributed by atoms with Crippen LogP contribution in [0.4, 0.5) is 5.69 Å². The van der Waals surface area contributed by atoms with Crippen LogP contribution in [-0.4, -0.2) is 43.8 Å². The molecule has 2 aliphatic heterocycles. The molecular formula is C15H22ClN3O3S. The first-order chi connectivity index (χ1) is 10.5. The summed E-state index contributed by atoms with van der Waals surface area (Å²) in [4.78, 5) is 11.3. The molecule has 2 heterocycles. The summed E-state index contributed by atoms with van der Waals surface area (Å²) < 4.78 is 27.6. The number of benzene rings is 1. The highest BCUT2D eigenvalue weighted by Crippen LogP contribution is 2.33. The first-order valence-electron chi connectivity index (χ1n) is 7.60. The SMILES string of the molecule is CC(=O)Nc1ccc(S(=O)(=O)N2C3CCNCC2CC3)cc1.Cl. The molecular weight excluding hydrogens is 338 g/mol. The van der Waals surface area contributed by atoms with Gasteiger partial charge in [-0.15, -0.1) is 12.4 Å². The molecule has 8 heteroatoms. The van der Waals surface area contributed by atoms with E-state index in [1.165, 1.54) is 6.92 Å². The van der Waals surface area contributed by atoms with Crippen molar-refractivity contribution in [2.75, 3.05) is 18.4 Å². The van der Waals surface area contributed by atoms with Crippen molar-refractivity contribution in [2.45, 2.75) is 43.2 Å². The number of anilines is 1. The van der Waals surface area contributed by atoms with Gasteiger partial charge in [-0.2, -0.15) is 4.31 Å². The first-order valence-corrected chi connectivity index (χ1v) is 9.04. The molecule has 0 saturated carbocycles. The lowest BCUT2D eigenvalue weighted by molar-refractivity contribution is -0.114. The van der Waals surface area contributed by atoms with E-state index in [1.54, 1.807) is 28.6 Å². The Bertz CT molecular complexity index is 649. The monoisotopic (exact) mass is 359 g/mol. The molecule has 6 nitrogen and oxygen atoms in total. The fourth-order valence-electron chi connectivity index (χ4n) is 3.37. The summed E-state index contributed by atoms with van der Waals surface area (Å²) in [5, 5.41) is 5.95. The largest absolute Gasteiger partial charge is 0.326 e. The number of rotatable bonds is 3. The second kappa shape index (κ2) is 7.17. The number of fused-ring (bicyclic) bond motifs is 2. The van der Waals surface area contributed by atoms with E-state index in [4.69, 9.17) is 0 Å². The molecule has 23 heavy (non-hydrogen) atoms. The summed E-state index contributed by atoms with van der Waals surface area (Å²) in [5.74, 6) is -0.174. The van der Waals surface area contributed by atoms with Crippen LogP contribution in [0.15, 0.2) is 29.2 Å². The van der Waals surface area contributed by atoms with E-state index in [0.29, 0.717) is 10.6 Å².